The molecule has 2 nitrogen and oxygen atoms in total. The summed E-state index contributed by atoms with van der Waals surface area (Å²) < 4.78 is 38.1. The Bertz CT molecular complexity index is 271. The van der Waals surface area contributed by atoms with E-state index >= 15 is 0 Å². The van der Waals surface area contributed by atoms with Crippen LogP contribution in [0.3, 0.4) is 0 Å². The minimum Gasteiger partial charge on any atom is -0.260 e. The van der Waals surface area contributed by atoms with E-state index in [0.29, 0.717) is 0 Å². The molecule has 0 aliphatic heterocycles. The Morgan fingerprint density at radius 1 is 1.54 bits per heavy atom. The van der Waals surface area contributed by atoms with Crippen molar-refractivity contribution in [2.45, 2.75) is 25.5 Å². The summed E-state index contributed by atoms with van der Waals surface area (Å²) in [6.45, 7) is 1.78. The lowest BCUT2D eigenvalue weighted by molar-refractivity contribution is -0.144. The van der Waals surface area contributed by atoms with E-state index in [1.165, 1.54) is 0 Å². The Hall–Kier alpha value is -0.710. The molecule has 6 heteroatoms. The summed E-state index contributed by atoms with van der Waals surface area (Å²) >= 11 is 5.36. The van der Waals surface area contributed by atoms with Crippen molar-refractivity contribution in [1.29, 1.82) is 0 Å². The molecule has 0 aliphatic rings. The topological polar surface area (TPSA) is 17.8 Å². The van der Waals surface area contributed by atoms with Gasteiger partial charge in [-0.2, -0.15) is 18.3 Å². The normalized spacial score (nSPS) is 12.1. The molecule has 0 N–H and O–H groups in total. The van der Waals surface area contributed by atoms with Gasteiger partial charge in [0.15, 0.2) is 0 Å². The highest BCUT2D eigenvalue weighted by molar-refractivity contribution is 6.17. The molecule has 74 valence electrons. The molecule has 1 aromatic heterocycles. The van der Waals surface area contributed by atoms with E-state index in [9.17, 15) is 13.2 Å². The van der Waals surface area contributed by atoms with Crippen LogP contribution in [0.2, 0.25) is 0 Å². The Morgan fingerprint density at radius 3 is 2.54 bits per heavy atom. The minimum atomic E-state index is -4.38. The highest BCUT2D eigenvalue weighted by Gasteiger charge is 2.37. The van der Waals surface area contributed by atoms with Gasteiger partial charge in [0.2, 0.25) is 0 Å². The molecule has 0 aromatic carbocycles. The van der Waals surface area contributed by atoms with Gasteiger partial charge in [0, 0.05) is 12.1 Å². The molecule has 0 radical (unpaired) electrons. The molecule has 0 atom stereocenters. The van der Waals surface area contributed by atoms with Gasteiger partial charge in [0.1, 0.15) is 5.69 Å². The first-order valence-electron chi connectivity index (χ1n) is 3.68. The summed E-state index contributed by atoms with van der Waals surface area (Å²) in [5, 5.41) is 3.58. The quantitative estimate of drug-likeness (QED) is 0.690. The lowest BCUT2D eigenvalue weighted by atomic mass is 10.2. The zero-order chi connectivity index (χ0) is 10.1. The molecular formula is C7H8ClF3N2. The fraction of sp³-hybridized carbons (Fsp3) is 0.571. The molecule has 0 saturated heterocycles. The van der Waals surface area contributed by atoms with Gasteiger partial charge >= 0.3 is 6.18 Å². The Kier molecular flexibility index (Phi) is 2.85. The number of nitrogens with zero attached hydrogens (tertiary/aromatic N) is 2. The van der Waals surface area contributed by atoms with Gasteiger partial charge in [-0.15, -0.1) is 11.6 Å². The summed E-state index contributed by atoms with van der Waals surface area (Å²) in [6.07, 6.45) is -3.23. The number of hydrogen-bond acceptors (Lipinski definition) is 1. The second kappa shape index (κ2) is 3.57. The highest BCUT2D eigenvalue weighted by Crippen LogP contribution is 2.32. The number of aromatic nitrogens is 2. The summed E-state index contributed by atoms with van der Waals surface area (Å²) in [5.41, 5.74) is -0.721. The first-order chi connectivity index (χ1) is 6.00. The van der Waals surface area contributed by atoms with Crippen LogP contribution in [0, 0.1) is 0 Å². The van der Waals surface area contributed by atoms with Gasteiger partial charge in [-0.25, -0.2) is 0 Å². The first kappa shape index (κ1) is 10.4. The molecule has 0 saturated carbocycles. The van der Waals surface area contributed by atoms with Crippen molar-refractivity contribution in [3.63, 3.8) is 0 Å². The van der Waals surface area contributed by atoms with Crippen LogP contribution in [0.4, 0.5) is 13.2 Å². The van der Waals surface area contributed by atoms with Crippen LogP contribution in [0.25, 0.3) is 0 Å². The average molecular weight is 213 g/mol. The molecular weight excluding hydrogens is 205 g/mol. The van der Waals surface area contributed by atoms with Crippen LogP contribution in [0.15, 0.2) is 6.20 Å². The molecule has 1 rings (SSSR count). The zero-order valence-corrected chi connectivity index (χ0v) is 7.65. The van der Waals surface area contributed by atoms with E-state index in [1.54, 1.807) is 6.92 Å². The van der Waals surface area contributed by atoms with E-state index in [2.05, 4.69) is 5.10 Å². The van der Waals surface area contributed by atoms with Crippen LogP contribution in [0.1, 0.15) is 18.2 Å². The molecule has 1 heterocycles. The fourth-order valence-electron chi connectivity index (χ4n) is 1.09. The van der Waals surface area contributed by atoms with Crippen molar-refractivity contribution < 1.29 is 13.2 Å². The number of hydrogen-bond donors (Lipinski definition) is 0. The van der Waals surface area contributed by atoms with Crippen LogP contribution < -0.4 is 0 Å². The third-order valence-corrected chi connectivity index (χ3v) is 1.92. The largest absolute Gasteiger partial charge is 0.433 e. The maximum atomic E-state index is 12.4. The van der Waals surface area contributed by atoms with E-state index in [4.69, 9.17) is 11.6 Å². The minimum absolute atomic E-state index is 0.0241. The highest BCUT2D eigenvalue weighted by atomic mass is 35.5. The maximum Gasteiger partial charge on any atom is 0.433 e. The SMILES string of the molecule is CCn1ncc(CCl)c1C(F)(F)F. The maximum absolute atomic E-state index is 12.4. The molecule has 0 bridgehead atoms. The van der Waals surface area contributed by atoms with Crippen molar-refractivity contribution in [2.24, 2.45) is 0 Å². The van der Waals surface area contributed by atoms with Crippen molar-refractivity contribution in [2.75, 3.05) is 0 Å². The van der Waals surface area contributed by atoms with Crippen LogP contribution in [0.5, 0.6) is 0 Å². The number of halogens is 4. The molecule has 0 unspecified atom stereocenters. The van der Waals surface area contributed by atoms with Crippen molar-refractivity contribution in [1.82, 2.24) is 9.78 Å². The number of aryl methyl sites for hydroxylation is 1. The Balaban J connectivity index is 3.20. The van der Waals surface area contributed by atoms with E-state index in [-0.39, 0.29) is 18.0 Å². The van der Waals surface area contributed by atoms with E-state index in [0.717, 1.165) is 10.9 Å². The first-order valence-corrected chi connectivity index (χ1v) is 4.22. The third kappa shape index (κ3) is 1.96. The predicted molar refractivity (Wildman–Crippen MR) is 42.5 cm³/mol. The van der Waals surface area contributed by atoms with Crippen LogP contribution in [-0.2, 0) is 18.6 Å². The molecule has 0 spiro atoms. The second-order valence-electron chi connectivity index (χ2n) is 2.47. The average Bonchev–Trinajstić information content (AvgIpc) is 2.45. The predicted octanol–water partition coefficient (Wildman–Crippen LogP) is 2.66. The molecule has 1 aromatic rings. The Labute approximate surface area is 78.3 Å². The van der Waals surface area contributed by atoms with Gasteiger partial charge in [-0.05, 0) is 6.92 Å². The van der Waals surface area contributed by atoms with E-state index in [1.807, 2.05) is 0 Å². The summed E-state index contributed by atoms with van der Waals surface area (Å²) in [7, 11) is 0. The lowest BCUT2D eigenvalue weighted by Crippen LogP contribution is -2.15. The van der Waals surface area contributed by atoms with Gasteiger partial charge < -0.3 is 0 Å². The van der Waals surface area contributed by atoms with Gasteiger partial charge in [0.05, 0.1) is 12.1 Å². The molecule has 0 fully saturated rings. The van der Waals surface area contributed by atoms with Gasteiger partial charge in [-0.1, -0.05) is 0 Å². The van der Waals surface area contributed by atoms with Gasteiger partial charge in [0.25, 0.3) is 0 Å². The van der Waals surface area contributed by atoms with Crippen LogP contribution in [-0.4, -0.2) is 9.78 Å². The van der Waals surface area contributed by atoms with Crippen LogP contribution >= 0.6 is 11.6 Å². The Morgan fingerprint density at radius 2 is 2.15 bits per heavy atom. The number of rotatable bonds is 2. The second-order valence-corrected chi connectivity index (χ2v) is 2.73. The summed E-state index contributed by atoms with van der Waals surface area (Å²) in [6, 6.07) is 0. The third-order valence-electron chi connectivity index (χ3n) is 1.63. The van der Waals surface area contributed by atoms with Crippen molar-refractivity contribution >= 4 is 11.6 Å². The van der Waals surface area contributed by atoms with Crippen molar-refractivity contribution in [3.8, 4) is 0 Å². The fourth-order valence-corrected chi connectivity index (χ4v) is 1.29. The number of alkyl halides is 4. The van der Waals surface area contributed by atoms with Gasteiger partial charge in [-0.3, -0.25) is 4.68 Å². The van der Waals surface area contributed by atoms with E-state index < -0.39 is 11.9 Å². The summed E-state index contributed by atoms with van der Waals surface area (Å²) in [4.78, 5) is 0. The molecule has 0 aliphatic carbocycles. The summed E-state index contributed by atoms with van der Waals surface area (Å²) in [5.74, 6) is -0.172. The molecule has 0 amide bonds. The zero-order valence-electron chi connectivity index (χ0n) is 6.90. The standard InChI is InChI=1S/C7H8ClF3N2/c1-2-13-6(7(9,10)11)5(3-8)4-12-13/h4H,2-3H2,1H3. The molecule has 13 heavy (non-hydrogen) atoms. The monoisotopic (exact) mass is 212 g/mol. The smallest absolute Gasteiger partial charge is 0.260 e. The lowest BCUT2D eigenvalue weighted by Gasteiger charge is -2.09. The van der Waals surface area contributed by atoms with Crippen molar-refractivity contribution in [3.05, 3.63) is 17.5 Å².